The summed E-state index contributed by atoms with van der Waals surface area (Å²) in [4.78, 5) is 11.8. The van der Waals surface area contributed by atoms with Gasteiger partial charge in [0.15, 0.2) is 0 Å². The summed E-state index contributed by atoms with van der Waals surface area (Å²) in [6.45, 7) is -0.441. The number of hydrogen-bond donors (Lipinski definition) is 1. The Hall–Kier alpha value is -0.970. The van der Waals surface area contributed by atoms with Crippen molar-refractivity contribution < 1.29 is 44.5 Å². The van der Waals surface area contributed by atoms with Gasteiger partial charge in [0, 0.05) is 5.41 Å². The van der Waals surface area contributed by atoms with Crippen LogP contribution < -0.4 is 0 Å². The number of ether oxygens (including phenoxy) is 1. The number of rotatable bonds is 5. The average Bonchev–Trinajstić information content (AvgIpc) is 2.40. The fourth-order valence-electron chi connectivity index (χ4n) is 5.38. The Labute approximate surface area is 147 Å². The van der Waals surface area contributed by atoms with Gasteiger partial charge in [0.1, 0.15) is 0 Å². The Morgan fingerprint density at radius 3 is 1.81 bits per heavy atom. The molecule has 4 saturated carbocycles. The maximum atomic E-state index is 13.6. The third-order valence-corrected chi connectivity index (χ3v) is 6.85. The summed E-state index contributed by atoms with van der Waals surface area (Å²) in [6.07, 6.45) is -0.817. The number of carbonyl (C=O) groups excluding carboxylic acids is 1. The van der Waals surface area contributed by atoms with Crippen LogP contribution in [0.2, 0.25) is 0 Å². The molecular weight excluding hydrogens is 387 g/mol. The second kappa shape index (κ2) is 6.02. The van der Waals surface area contributed by atoms with Crippen LogP contribution in [0.3, 0.4) is 0 Å². The predicted molar refractivity (Wildman–Crippen MR) is 77.6 cm³/mol. The van der Waals surface area contributed by atoms with E-state index in [0.29, 0.717) is 37.0 Å². The van der Waals surface area contributed by atoms with Crippen molar-refractivity contribution in [3.05, 3.63) is 0 Å². The second-order valence-electron chi connectivity index (χ2n) is 8.04. The fraction of sp³-hybridized carbons (Fsp3) is 0.933. The number of alkyl halides is 5. The van der Waals surface area contributed by atoms with Crippen LogP contribution in [0.5, 0.6) is 0 Å². The molecule has 0 amide bonds. The lowest BCUT2D eigenvalue weighted by Gasteiger charge is -2.56. The Kier molecular flexibility index (Phi) is 4.58. The van der Waals surface area contributed by atoms with Crippen molar-refractivity contribution in [3.8, 4) is 0 Å². The number of carbonyl (C=O) groups is 1. The first-order chi connectivity index (χ1) is 11.7. The molecule has 4 aliphatic rings. The highest BCUT2D eigenvalue weighted by Gasteiger charge is 2.68. The van der Waals surface area contributed by atoms with Crippen LogP contribution in [0.15, 0.2) is 0 Å². The van der Waals surface area contributed by atoms with Crippen LogP contribution in [-0.2, 0) is 19.6 Å². The summed E-state index contributed by atoms with van der Waals surface area (Å²) >= 11 is 0. The topological polar surface area (TPSA) is 80.7 Å². The van der Waals surface area contributed by atoms with E-state index in [0.717, 1.165) is 19.3 Å². The SMILES string of the molecule is O=C(OCC12CC3CC(CC(C3)C1)C2)C(C(F)(F)F)C(F)(F)S(=O)(=O)O. The van der Waals surface area contributed by atoms with E-state index >= 15 is 0 Å². The van der Waals surface area contributed by atoms with E-state index in [-0.39, 0.29) is 0 Å². The van der Waals surface area contributed by atoms with Crippen molar-refractivity contribution >= 4 is 16.1 Å². The molecule has 0 radical (unpaired) electrons. The zero-order valence-electron chi connectivity index (χ0n) is 13.6. The molecule has 11 heteroatoms. The predicted octanol–water partition coefficient (Wildman–Crippen LogP) is 3.41. The number of esters is 1. The van der Waals surface area contributed by atoms with Gasteiger partial charge in [0.05, 0.1) is 6.61 Å². The zero-order valence-corrected chi connectivity index (χ0v) is 14.5. The van der Waals surface area contributed by atoms with Crippen LogP contribution >= 0.6 is 0 Å². The molecule has 0 aromatic carbocycles. The molecule has 0 aliphatic heterocycles. The van der Waals surface area contributed by atoms with Gasteiger partial charge in [-0.15, -0.1) is 0 Å². The molecule has 5 nitrogen and oxygen atoms in total. The van der Waals surface area contributed by atoms with E-state index in [1.807, 2.05) is 0 Å². The van der Waals surface area contributed by atoms with Crippen LogP contribution in [0, 0.1) is 29.1 Å². The van der Waals surface area contributed by atoms with E-state index in [4.69, 9.17) is 4.55 Å². The monoisotopic (exact) mass is 406 g/mol. The molecule has 4 aliphatic carbocycles. The van der Waals surface area contributed by atoms with E-state index in [1.54, 1.807) is 0 Å². The normalized spacial score (nSPS) is 35.4. The summed E-state index contributed by atoms with van der Waals surface area (Å²) in [6, 6.07) is 0. The van der Waals surface area contributed by atoms with Gasteiger partial charge >= 0.3 is 27.5 Å². The standard InChI is InChI=1S/C15H19F5O5S/c16-14(17,18)11(15(19,20)26(22,23)24)12(21)25-7-13-4-8-1-9(5-13)3-10(2-8)6-13/h8-11H,1-7H2,(H,22,23,24). The minimum atomic E-state index is -6.45. The lowest BCUT2D eigenvalue weighted by atomic mass is 9.50. The zero-order chi connectivity index (χ0) is 19.5. The van der Waals surface area contributed by atoms with Crippen molar-refractivity contribution in [2.75, 3.05) is 6.61 Å². The highest BCUT2D eigenvalue weighted by atomic mass is 32.2. The van der Waals surface area contributed by atoms with Crippen LogP contribution in [0.25, 0.3) is 0 Å². The maximum Gasteiger partial charge on any atom is 0.409 e. The molecule has 1 N–H and O–H groups in total. The van der Waals surface area contributed by atoms with Crippen molar-refractivity contribution in [2.24, 2.45) is 29.1 Å². The molecule has 1 unspecified atom stereocenters. The molecule has 150 valence electrons. The van der Waals surface area contributed by atoms with Crippen molar-refractivity contribution in [2.45, 2.75) is 50.0 Å². The van der Waals surface area contributed by atoms with Gasteiger partial charge in [-0.3, -0.25) is 9.35 Å². The summed E-state index contributed by atoms with van der Waals surface area (Å²) in [5.41, 5.74) is -0.520. The Morgan fingerprint density at radius 1 is 1.04 bits per heavy atom. The molecule has 4 fully saturated rings. The van der Waals surface area contributed by atoms with Gasteiger partial charge in [-0.05, 0) is 56.3 Å². The van der Waals surface area contributed by atoms with Gasteiger partial charge in [0.25, 0.3) is 0 Å². The molecule has 0 saturated heterocycles. The molecule has 0 spiro atoms. The third kappa shape index (κ3) is 3.44. The largest absolute Gasteiger partial charge is 0.464 e. The Morgan fingerprint density at radius 2 is 1.46 bits per heavy atom. The second-order valence-corrected chi connectivity index (χ2v) is 9.53. The summed E-state index contributed by atoms with van der Waals surface area (Å²) in [5, 5.41) is -5.72. The minimum absolute atomic E-state index is 0.401. The first-order valence-electron chi connectivity index (χ1n) is 8.32. The minimum Gasteiger partial charge on any atom is -0.464 e. The molecule has 4 rings (SSSR count). The molecule has 26 heavy (non-hydrogen) atoms. The Bertz CT molecular complexity index is 652. The first-order valence-corrected chi connectivity index (χ1v) is 9.76. The van der Waals surface area contributed by atoms with Crippen molar-refractivity contribution in [3.63, 3.8) is 0 Å². The number of halogens is 5. The lowest BCUT2D eigenvalue weighted by molar-refractivity contribution is -0.231. The van der Waals surface area contributed by atoms with Gasteiger partial charge in [-0.25, -0.2) is 0 Å². The van der Waals surface area contributed by atoms with Gasteiger partial charge in [-0.2, -0.15) is 30.4 Å². The third-order valence-electron chi connectivity index (χ3n) is 5.93. The van der Waals surface area contributed by atoms with Crippen LogP contribution in [0.1, 0.15) is 38.5 Å². The number of hydrogen-bond acceptors (Lipinski definition) is 4. The highest BCUT2D eigenvalue weighted by Crippen LogP contribution is 2.60. The molecule has 0 heterocycles. The fourth-order valence-corrected chi connectivity index (χ4v) is 5.91. The van der Waals surface area contributed by atoms with E-state index in [2.05, 4.69) is 4.74 Å². The van der Waals surface area contributed by atoms with Gasteiger partial charge in [-0.1, -0.05) is 0 Å². The summed E-state index contributed by atoms with van der Waals surface area (Å²) in [7, 11) is -6.45. The maximum absolute atomic E-state index is 13.6. The molecule has 0 aromatic rings. The smallest absolute Gasteiger partial charge is 0.409 e. The van der Waals surface area contributed by atoms with Crippen molar-refractivity contribution in [1.29, 1.82) is 0 Å². The van der Waals surface area contributed by atoms with Crippen LogP contribution in [-0.4, -0.2) is 37.0 Å². The molecular formula is C15H19F5O5S. The lowest BCUT2D eigenvalue weighted by Crippen LogP contribution is -2.52. The Balaban J connectivity index is 1.75. The molecule has 1 atom stereocenters. The van der Waals surface area contributed by atoms with E-state index in [1.165, 1.54) is 0 Å². The molecule has 4 bridgehead atoms. The molecule has 0 aromatic heterocycles. The van der Waals surface area contributed by atoms with Crippen molar-refractivity contribution in [1.82, 2.24) is 0 Å². The van der Waals surface area contributed by atoms with Gasteiger partial charge < -0.3 is 4.74 Å². The highest BCUT2D eigenvalue weighted by molar-refractivity contribution is 7.86. The van der Waals surface area contributed by atoms with E-state index < -0.39 is 45.5 Å². The average molecular weight is 406 g/mol. The van der Waals surface area contributed by atoms with E-state index in [9.17, 15) is 35.2 Å². The quantitative estimate of drug-likeness (QED) is 0.430. The summed E-state index contributed by atoms with van der Waals surface area (Å²) < 4.78 is 100. The summed E-state index contributed by atoms with van der Waals surface area (Å²) in [5.74, 6) is -5.44. The first kappa shape index (κ1) is 19.8. The van der Waals surface area contributed by atoms with Crippen LogP contribution in [0.4, 0.5) is 22.0 Å². The van der Waals surface area contributed by atoms with Gasteiger partial charge in [0.2, 0.25) is 5.92 Å².